The summed E-state index contributed by atoms with van der Waals surface area (Å²) in [4.78, 5) is 13.5. The molecule has 0 aliphatic rings. The molecule has 27 heavy (non-hydrogen) atoms. The number of carbonyl (C=O) groups excluding carboxylic acids is 1. The average Bonchev–Trinajstić information content (AvgIpc) is 2.59. The molecule has 2 aromatic carbocycles. The molecule has 6 heteroatoms. The van der Waals surface area contributed by atoms with Crippen LogP contribution in [0.1, 0.15) is 31.9 Å². The van der Waals surface area contributed by atoms with E-state index in [-0.39, 0.29) is 15.8 Å². The molecule has 0 atom stereocenters. The lowest BCUT2D eigenvalue weighted by molar-refractivity contribution is -0.127. The lowest BCUT2D eigenvalue weighted by Gasteiger charge is -2.19. The lowest BCUT2D eigenvalue weighted by Crippen LogP contribution is -2.36. The largest absolute Gasteiger partial charge is 0.315 e. The van der Waals surface area contributed by atoms with Crippen molar-refractivity contribution in [2.24, 2.45) is 5.41 Å². The van der Waals surface area contributed by atoms with E-state index in [1.165, 1.54) is 17.2 Å². The van der Waals surface area contributed by atoms with Crippen LogP contribution in [0.15, 0.2) is 68.8 Å². The van der Waals surface area contributed by atoms with Gasteiger partial charge in [0.1, 0.15) is 5.03 Å². The van der Waals surface area contributed by atoms with Crippen molar-refractivity contribution >= 4 is 27.5 Å². The minimum absolute atomic E-state index is 0.114. The highest BCUT2D eigenvalue weighted by Gasteiger charge is 2.28. The molecule has 0 heterocycles. The third-order valence-corrected chi connectivity index (χ3v) is 6.60. The van der Waals surface area contributed by atoms with Crippen LogP contribution < -0.4 is 5.32 Å². The molecule has 4 nitrogen and oxygen atoms in total. The lowest BCUT2D eigenvalue weighted by atomic mass is 9.96. The van der Waals surface area contributed by atoms with E-state index in [4.69, 9.17) is 0 Å². The van der Waals surface area contributed by atoms with E-state index in [1.807, 2.05) is 38.1 Å². The molecule has 0 spiro atoms. The molecular weight excluding hydrogens is 378 g/mol. The minimum Gasteiger partial charge on any atom is -0.315 e. The van der Waals surface area contributed by atoms with Crippen LogP contribution in [0.3, 0.4) is 0 Å². The molecule has 0 radical (unpaired) electrons. The second-order valence-corrected chi connectivity index (χ2v) is 10.3. The number of hydrogen-bond donors (Lipinski definition) is 1. The maximum absolute atomic E-state index is 13.1. The SMILES string of the molecule is Cc1ccc(S/C=C(/NC(=O)C(C)(C)C)S(=O)(=O)c2ccc(C)cc2)cc1. The smallest absolute Gasteiger partial charge is 0.230 e. The van der Waals surface area contributed by atoms with E-state index in [2.05, 4.69) is 5.32 Å². The van der Waals surface area contributed by atoms with Crippen LogP contribution >= 0.6 is 11.8 Å². The van der Waals surface area contributed by atoms with Crippen molar-refractivity contribution in [2.45, 2.75) is 44.4 Å². The van der Waals surface area contributed by atoms with Gasteiger partial charge in [0.2, 0.25) is 15.7 Å². The number of amides is 1. The number of rotatable bonds is 5. The van der Waals surface area contributed by atoms with Gasteiger partial charge in [0.05, 0.1) is 4.90 Å². The van der Waals surface area contributed by atoms with Gasteiger partial charge in [-0.05, 0) is 38.1 Å². The molecule has 0 aromatic heterocycles. The molecule has 2 aromatic rings. The summed E-state index contributed by atoms with van der Waals surface area (Å²) >= 11 is 1.26. The van der Waals surface area contributed by atoms with Gasteiger partial charge in [-0.25, -0.2) is 8.42 Å². The first kappa shape index (κ1) is 21.3. The number of benzene rings is 2. The van der Waals surface area contributed by atoms with Crippen molar-refractivity contribution in [3.63, 3.8) is 0 Å². The molecule has 0 bridgehead atoms. The van der Waals surface area contributed by atoms with E-state index in [1.54, 1.807) is 45.0 Å². The monoisotopic (exact) mass is 403 g/mol. The van der Waals surface area contributed by atoms with Gasteiger partial charge in [0, 0.05) is 15.7 Å². The summed E-state index contributed by atoms with van der Waals surface area (Å²) in [6.07, 6.45) is 0. The predicted molar refractivity (Wildman–Crippen MR) is 111 cm³/mol. The molecule has 0 unspecified atom stereocenters. The van der Waals surface area contributed by atoms with Crippen LogP contribution in [0, 0.1) is 19.3 Å². The Kier molecular flexibility index (Phi) is 6.54. The summed E-state index contributed by atoms with van der Waals surface area (Å²) in [6, 6.07) is 14.3. The minimum atomic E-state index is -3.84. The number of thioether (sulfide) groups is 1. The van der Waals surface area contributed by atoms with Gasteiger partial charge in [-0.15, -0.1) is 0 Å². The Labute approximate surface area is 166 Å². The van der Waals surface area contributed by atoms with Crippen LogP contribution in [0.25, 0.3) is 0 Å². The van der Waals surface area contributed by atoms with E-state index in [9.17, 15) is 13.2 Å². The van der Waals surface area contributed by atoms with Crippen molar-refractivity contribution in [2.75, 3.05) is 0 Å². The summed E-state index contributed by atoms with van der Waals surface area (Å²) < 4.78 is 26.2. The number of carbonyl (C=O) groups is 1. The highest BCUT2D eigenvalue weighted by molar-refractivity contribution is 8.03. The second kappa shape index (κ2) is 8.31. The Balaban J connectivity index is 2.41. The summed E-state index contributed by atoms with van der Waals surface area (Å²) in [5.41, 5.74) is 1.38. The van der Waals surface area contributed by atoms with Gasteiger partial charge in [0.15, 0.2) is 0 Å². The summed E-state index contributed by atoms with van der Waals surface area (Å²) in [6.45, 7) is 9.10. The van der Waals surface area contributed by atoms with Crippen LogP contribution in [-0.2, 0) is 14.6 Å². The third-order valence-electron chi connectivity index (χ3n) is 3.86. The third kappa shape index (κ3) is 5.71. The normalized spacial score (nSPS) is 12.7. The van der Waals surface area contributed by atoms with Crippen LogP contribution in [0.4, 0.5) is 0 Å². The Bertz CT molecular complexity index is 936. The highest BCUT2D eigenvalue weighted by atomic mass is 32.2. The Morgan fingerprint density at radius 1 is 0.926 bits per heavy atom. The molecule has 2 rings (SSSR count). The summed E-state index contributed by atoms with van der Waals surface area (Å²) in [5.74, 6) is -0.353. The highest BCUT2D eigenvalue weighted by Crippen LogP contribution is 2.26. The first-order valence-corrected chi connectivity index (χ1v) is 10.9. The van der Waals surface area contributed by atoms with Crippen molar-refractivity contribution in [1.82, 2.24) is 5.32 Å². The second-order valence-electron chi connectivity index (χ2n) is 7.43. The first-order valence-electron chi connectivity index (χ1n) is 8.57. The Morgan fingerprint density at radius 2 is 1.41 bits per heavy atom. The maximum Gasteiger partial charge on any atom is 0.230 e. The van der Waals surface area contributed by atoms with Crippen LogP contribution in [0.5, 0.6) is 0 Å². The van der Waals surface area contributed by atoms with Gasteiger partial charge in [-0.3, -0.25) is 4.79 Å². The average molecular weight is 404 g/mol. The maximum atomic E-state index is 13.1. The Hall–Kier alpha value is -2.05. The fourth-order valence-electron chi connectivity index (χ4n) is 2.04. The zero-order chi connectivity index (χ0) is 20.2. The topological polar surface area (TPSA) is 63.2 Å². The van der Waals surface area contributed by atoms with Gasteiger partial charge >= 0.3 is 0 Å². The fourth-order valence-corrected chi connectivity index (χ4v) is 4.26. The molecule has 0 aliphatic carbocycles. The molecule has 0 saturated carbocycles. The standard InChI is InChI=1S/C21H25NO3S2/c1-15-6-10-17(11-7-15)26-14-19(22-20(23)21(3,4)5)27(24,25)18-12-8-16(2)9-13-18/h6-14H,1-5H3,(H,22,23)/b19-14-. The van der Waals surface area contributed by atoms with Crippen molar-refractivity contribution in [3.05, 3.63) is 70.1 Å². The number of hydrogen-bond acceptors (Lipinski definition) is 4. The van der Waals surface area contributed by atoms with Crippen molar-refractivity contribution < 1.29 is 13.2 Å². The van der Waals surface area contributed by atoms with E-state index in [0.717, 1.165) is 16.0 Å². The molecule has 0 saturated heterocycles. The quantitative estimate of drug-likeness (QED) is 0.726. The predicted octanol–water partition coefficient (Wildman–Crippen LogP) is 4.83. The number of sulfone groups is 1. The molecular formula is C21H25NO3S2. The van der Waals surface area contributed by atoms with Gasteiger partial charge < -0.3 is 5.32 Å². The van der Waals surface area contributed by atoms with Gasteiger partial charge in [-0.1, -0.05) is 67.9 Å². The van der Waals surface area contributed by atoms with Gasteiger partial charge in [-0.2, -0.15) is 0 Å². The number of aryl methyl sites for hydroxylation is 2. The first-order chi connectivity index (χ1) is 12.5. The summed E-state index contributed by atoms with van der Waals surface area (Å²) in [5, 5.41) is 3.98. The molecule has 1 amide bonds. The van der Waals surface area contributed by atoms with Crippen LogP contribution in [-0.4, -0.2) is 14.3 Å². The fraction of sp³-hybridized carbons (Fsp3) is 0.286. The van der Waals surface area contributed by atoms with Crippen LogP contribution in [0.2, 0.25) is 0 Å². The van der Waals surface area contributed by atoms with E-state index < -0.39 is 15.3 Å². The van der Waals surface area contributed by atoms with Gasteiger partial charge in [0.25, 0.3) is 0 Å². The van der Waals surface area contributed by atoms with Crippen molar-refractivity contribution in [1.29, 1.82) is 0 Å². The van der Waals surface area contributed by atoms with E-state index >= 15 is 0 Å². The Morgan fingerprint density at radius 3 is 1.89 bits per heavy atom. The zero-order valence-electron chi connectivity index (χ0n) is 16.2. The van der Waals surface area contributed by atoms with E-state index in [0.29, 0.717) is 0 Å². The number of nitrogens with one attached hydrogen (secondary N) is 1. The molecule has 0 aliphatic heterocycles. The van der Waals surface area contributed by atoms with Crippen molar-refractivity contribution in [3.8, 4) is 0 Å². The molecule has 0 fully saturated rings. The molecule has 144 valence electrons. The zero-order valence-corrected chi connectivity index (χ0v) is 17.9. The summed E-state index contributed by atoms with van der Waals surface area (Å²) in [7, 11) is -3.84. The molecule has 1 N–H and O–H groups in total.